The molecule has 1 amide bonds. The molecule has 1 atom stereocenters. The lowest BCUT2D eigenvalue weighted by molar-refractivity contribution is -0.122. The van der Waals surface area contributed by atoms with Gasteiger partial charge in [0, 0.05) is 67.2 Å². The van der Waals surface area contributed by atoms with Crippen LogP contribution in [0.4, 0.5) is 5.69 Å². The van der Waals surface area contributed by atoms with Crippen LogP contribution in [-0.4, -0.2) is 48.1 Å². The molecule has 204 valence electrons. The molecular formula is C31H35N3O4S. The summed E-state index contributed by atoms with van der Waals surface area (Å²) in [6.45, 7) is 2.11. The zero-order chi connectivity index (χ0) is 27.6. The Labute approximate surface area is 232 Å². The summed E-state index contributed by atoms with van der Waals surface area (Å²) in [5.41, 5.74) is 3.21. The van der Waals surface area contributed by atoms with Crippen molar-refractivity contribution < 1.29 is 14.3 Å². The Morgan fingerprint density at radius 3 is 2.59 bits per heavy atom. The lowest BCUT2D eigenvalue weighted by Crippen LogP contribution is -2.39. The van der Waals surface area contributed by atoms with Crippen LogP contribution in [0.25, 0.3) is 10.9 Å². The third-order valence-electron chi connectivity index (χ3n) is 7.79. The molecule has 0 spiro atoms. The van der Waals surface area contributed by atoms with Gasteiger partial charge in [0.05, 0.1) is 0 Å². The molecule has 2 aromatic heterocycles. The molecule has 1 aliphatic rings. The fourth-order valence-corrected chi connectivity index (χ4v) is 6.86. The number of H-pyrrole nitrogens is 1. The molecule has 8 heteroatoms. The van der Waals surface area contributed by atoms with Gasteiger partial charge in [0.25, 0.3) is 0 Å². The number of fused-ring (bicyclic) bond motifs is 1. The number of para-hydroxylation sites is 1. The molecule has 0 saturated carbocycles. The molecular weight excluding hydrogens is 510 g/mol. The fourth-order valence-electron chi connectivity index (χ4n) is 5.59. The van der Waals surface area contributed by atoms with Crippen molar-refractivity contribution >= 4 is 34.3 Å². The molecule has 4 aromatic rings. The molecule has 7 nitrogen and oxygen atoms in total. The molecule has 0 radical (unpaired) electrons. The smallest absolute Gasteiger partial charge is 0.227 e. The van der Waals surface area contributed by atoms with E-state index < -0.39 is 10.8 Å². The first-order chi connectivity index (χ1) is 18.8. The summed E-state index contributed by atoms with van der Waals surface area (Å²) in [6.07, 6.45) is 3.49. The molecule has 0 aliphatic carbocycles. The van der Waals surface area contributed by atoms with Crippen LogP contribution in [0.5, 0.6) is 5.75 Å². The Kier molecular flexibility index (Phi) is 7.75. The Balaban J connectivity index is 1.43. The number of nitrogens with one attached hydrogen (secondary N) is 2. The van der Waals surface area contributed by atoms with Gasteiger partial charge in [-0.25, -0.2) is 0 Å². The molecule has 0 bridgehead atoms. The summed E-state index contributed by atoms with van der Waals surface area (Å²) < 4.78 is 5.92. The van der Waals surface area contributed by atoms with Crippen molar-refractivity contribution in [2.24, 2.45) is 0 Å². The molecule has 1 fully saturated rings. The highest BCUT2D eigenvalue weighted by molar-refractivity contribution is 7.99. The first-order valence-electron chi connectivity index (χ1n) is 13.3. The number of carbonyl (C=O) groups is 1. The van der Waals surface area contributed by atoms with Crippen molar-refractivity contribution in [2.45, 2.75) is 37.5 Å². The summed E-state index contributed by atoms with van der Waals surface area (Å²) >= 11 is 1.81. The van der Waals surface area contributed by atoms with Crippen LogP contribution in [0.1, 0.15) is 47.8 Å². The Morgan fingerprint density at radius 2 is 1.87 bits per heavy atom. The maximum atomic E-state index is 13.5. The van der Waals surface area contributed by atoms with Gasteiger partial charge in [0.15, 0.2) is 5.76 Å². The van der Waals surface area contributed by atoms with Crippen molar-refractivity contribution in [1.82, 2.24) is 10.3 Å². The monoisotopic (exact) mass is 545 g/mol. The van der Waals surface area contributed by atoms with Crippen molar-refractivity contribution in [3.8, 4) is 5.75 Å². The predicted molar refractivity (Wildman–Crippen MR) is 158 cm³/mol. The van der Waals surface area contributed by atoms with Crippen LogP contribution in [0, 0.1) is 6.92 Å². The van der Waals surface area contributed by atoms with Crippen LogP contribution in [0.2, 0.25) is 0 Å². The summed E-state index contributed by atoms with van der Waals surface area (Å²) in [6, 6.07) is 17.9. The second kappa shape index (κ2) is 11.2. The molecule has 1 unspecified atom stereocenters. The minimum atomic E-state index is -0.714. The molecule has 2 aromatic carbocycles. The summed E-state index contributed by atoms with van der Waals surface area (Å²) in [5.74, 6) is 1.78. The number of thioether (sulfide) groups is 1. The van der Waals surface area contributed by atoms with E-state index in [0.717, 1.165) is 39.2 Å². The third kappa shape index (κ3) is 5.57. The van der Waals surface area contributed by atoms with Crippen molar-refractivity contribution in [2.75, 3.05) is 37.0 Å². The largest absolute Gasteiger partial charge is 0.502 e. The predicted octanol–water partition coefficient (Wildman–Crippen LogP) is 5.30. The van der Waals surface area contributed by atoms with Crippen LogP contribution < -0.4 is 15.6 Å². The van der Waals surface area contributed by atoms with Gasteiger partial charge in [0.1, 0.15) is 5.76 Å². The quantitative estimate of drug-likeness (QED) is 0.278. The second-order valence-corrected chi connectivity index (χ2v) is 11.8. The standard InChI is InChI=1S/C31H35N3O4S/c1-20-16-27(35)29(37)30(38-20)31(12-14-39-15-13-31)17-28(36)33-18-24(21-8-10-22(11-9-21)34(2)3)25-19-32-26-7-5-4-6-23(25)26/h4-11,16,19,24,32,37H,12-15,17-18H2,1-3H3,(H,33,36). The summed E-state index contributed by atoms with van der Waals surface area (Å²) in [7, 11) is 4.03. The number of aromatic nitrogens is 1. The zero-order valence-electron chi connectivity index (χ0n) is 22.6. The summed E-state index contributed by atoms with van der Waals surface area (Å²) in [4.78, 5) is 31.4. The van der Waals surface area contributed by atoms with Gasteiger partial charge in [-0.3, -0.25) is 9.59 Å². The zero-order valence-corrected chi connectivity index (χ0v) is 23.4. The van der Waals surface area contributed by atoms with Crippen molar-refractivity contribution in [1.29, 1.82) is 0 Å². The number of aromatic hydroxyl groups is 1. The van der Waals surface area contributed by atoms with Gasteiger partial charge in [-0.1, -0.05) is 30.3 Å². The minimum Gasteiger partial charge on any atom is -0.502 e. The van der Waals surface area contributed by atoms with E-state index >= 15 is 0 Å². The van der Waals surface area contributed by atoms with Gasteiger partial charge < -0.3 is 24.7 Å². The van der Waals surface area contributed by atoms with E-state index in [-0.39, 0.29) is 29.8 Å². The number of amides is 1. The fraction of sp³-hybridized carbons (Fsp3) is 0.355. The number of anilines is 1. The van der Waals surface area contributed by atoms with E-state index in [0.29, 0.717) is 25.1 Å². The molecule has 3 heterocycles. The normalized spacial score (nSPS) is 15.7. The Bertz CT molecular complexity index is 1520. The van der Waals surface area contributed by atoms with E-state index in [1.807, 2.05) is 44.2 Å². The third-order valence-corrected chi connectivity index (χ3v) is 8.77. The molecule has 3 N–H and O–H groups in total. The SMILES string of the molecule is Cc1cc(=O)c(O)c(C2(CC(=O)NCC(c3ccc(N(C)C)cc3)c3c[nH]c4ccccc34)CCSCC2)o1. The second-order valence-electron chi connectivity index (χ2n) is 10.6. The number of carbonyl (C=O) groups excluding carboxylic acids is 1. The van der Waals surface area contributed by atoms with Gasteiger partial charge in [-0.2, -0.15) is 11.8 Å². The van der Waals surface area contributed by atoms with E-state index in [2.05, 4.69) is 51.6 Å². The van der Waals surface area contributed by atoms with Crippen LogP contribution in [0.3, 0.4) is 0 Å². The number of aryl methyl sites for hydroxylation is 1. The first-order valence-corrected chi connectivity index (χ1v) is 14.4. The van der Waals surface area contributed by atoms with Gasteiger partial charge in [0.2, 0.25) is 17.1 Å². The maximum Gasteiger partial charge on any atom is 0.227 e. The van der Waals surface area contributed by atoms with E-state index in [1.54, 1.807) is 6.92 Å². The van der Waals surface area contributed by atoms with Gasteiger partial charge >= 0.3 is 0 Å². The van der Waals surface area contributed by atoms with Crippen molar-refractivity contribution in [3.63, 3.8) is 0 Å². The van der Waals surface area contributed by atoms with Crippen molar-refractivity contribution in [3.05, 3.63) is 93.7 Å². The maximum absolute atomic E-state index is 13.5. The van der Waals surface area contributed by atoms with Gasteiger partial charge in [-0.05, 0) is 60.6 Å². The lowest BCUT2D eigenvalue weighted by atomic mass is 9.75. The number of hydrogen-bond acceptors (Lipinski definition) is 6. The summed E-state index contributed by atoms with van der Waals surface area (Å²) in [5, 5.41) is 15.0. The number of rotatable bonds is 8. The first kappa shape index (κ1) is 26.9. The minimum absolute atomic E-state index is 0.0653. The number of hydrogen-bond donors (Lipinski definition) is 3. The number of benzene rings is 2. The molecule has 1 aliphatic heterocycles. The van der Waals surface area contributed by atoms with Crippen LogP contribution >= 0.6 is 11.8 Å². The van der Waals surface area contributed by atoms with Crippen LogP contribution in [-0.2, 0) is 10.2 Å². The highest BCUT2D eigenvalue weighted by atomic mass is 32.2. The van der Waals surface area contributed by atoms with E-state index in [4.69, 9.17) is 4.42 Å². The highest BCUT2D eigenvalue weighted by Crippen LogP contribution is 2.44. The molecule has 39 heavy (non-hydrogen) atoms. The topological polar surface area (TPSA) is 98.6 Å². The average Bonchev–Trinajstić information content (AvgIpc) is 3.35. The van der Waals surface area contributed by atoms with E-state index in [9.17, 15) is 14.7 Å². The van der Waals surface area contributed by atoms with Gasteiger partial charge in [-0.15, -0.1) is 0 Å². The average molecular weight is 546 g/mol. The van der Waals surface area contributed by atoms with Crippen LogP contribution in [0.15, 0.2) is 70.0 Å². The molecule has 5 rings (SSSR count). The number of nitrogens with zero attached hydrogens (tertiary/aromatic N) is 1. The van der Waals surface area contributed by atoms with E-state index in [1.165, 1.54) is 6.07 Å². The Morgan fingerprint density at radius 1 is 1.15 bits per heavy atom. The number of aromatic amines is 1. The highest BCUT2D eigenvalue weighted by Gasteiger charge is 2.41. The molecule has 1 saturated heterocycles. The Hall–Kier alpha value is -3.65. The lowest BCUT2D eigenvalue weighted by Gasteiger charge is -2.35.